The van der Waals surface area contributed by atoms with E-state index in [9.17, 15) is 9.90 Å². The van der Waals surface area contributed by atoms with E-state index in [-0.39, 0.29) is 18.1 Å². The zero-order chi connectivity index (χ0) is 16.4. The van der Waals surface area contributed by atoms with Gasteiger partial charge in [-0.25, -0.2) is 4.79 Å². The number of aryl methyl sites for hydroxylation is 1. The van der Waals surface area contributed by atoms with E-state index < -0.39 is 5.60 Å². The van der Waals surface area contributed by atoms with E-state index in [4.69, 9.17) is 4.74 Å². The van der Waals surface area contributed by atoms with Crippen molar-refractivity contribution in [3.63, 3.8) is 0 Å². The molecule has 3 unspecified atom stereocenters. The van der Waals surface area contributed by atoms with Crippen LogP contribution in [0.3, 0.4) is 0 Å². The van der Waals surface area contributed by atoms with Gasteiger partial charge in [0.25, 0.3) is 0 Å². The Bertz CT molecular complexity index is 664. The van der Waals surface area contributed by atoms with Gasteiger partial charge in [0.1, 0.15) is 5.60 Å². The summed E-state index contributed by atoms with van der Waals surface area (Å²) in [7, 11) is 1.40. The number of carbonyl (C=O) groups excluding carboxylic acids is 1. The molecule has 2 aliphatic rings. The largest absolute Gasteiger partial charge is 0.453 e. The maximum atomic E-state index is 11.9. The van der Waals surface area contributed by atoms with Gasteiger partial charge in [-0.2, -0.15) is 0 Å². The van der Waals surface area contributed by atoms with Crippen LogP contribution in [0, 0.1) is 24.7 Å². The Balaban J connectivity index is 1.83. The van der Waals surface area contributed by atoms with Crippen LogP contribution in [0.2, 0.25) is 0 Å². The number of carbonyl (C=O) groups is 1. The topological polar surface area (TPSA) is 62.7 Å². The van der Waals surface area contributed by atoms with Crippen molar-refractivity contribution >= 4 is 6.09 Å². The van der Waals surface area contributed by atoms with E-state index in [1.165, 1.54) is 7.11 Å². The lowest BCUT2D eigenvalue weighted by Gasteiger charge is -2.39. The van der Waals surface area contributed by atoms with Crippen LogP contribution < -0.4 is 0 Å². The molecule has 0 bridgehead atoms. The second-order valence-corrected chi connectivity index (χ2v) is 6.44. The SMILES string of the molecule is COC(=O)N1CCC2C1CCCC2(O)C#Cc1cncc(C)c1. The summed E-state index contributed by atoms with van der Waals surface area (Å²) in [5, 5.41) is 11.1. The van der Waals surface area contributed by atoms with Gasteiger partial charge in [-0.3, -0.25) is 4.98 Å². The molecule has 2 heterocycles. The zero-order valence-corrected chi connectivity index (χ0v) is 13.6. The van der Waals surface area contributed by atoms with Gasteiger partial charge in [0, 0.05) is 36.5 Å². The third-order valence-corrected chi connectivity index (χ3v) is 4.92. The van der Waals surface area contributed by atoms with E-state index in [2.05, 4.69) is 16.8 Å². The van der Waals surface area contributed by atoms with Crippen molar-refractivity contribution in [3.05, 3.63) is 29.6 Å². The van der Waals surface area contributed by atoms with E-state index in [1.807, 2.05) is 13.0 Å². The van der Waals surface area contributed by atoms with Crippen molar-refractivity contribution in [1.82, 2.24) is 9.88 Å². The lowest BCUT2D eigenvalue weighted by atomic mass is 9.73. The van der Waals surface area contributed by atoms with Crippen molar-refractivity contribution in [2.24, 2.45) is 5.92 Å². The summed E-state index contributed by atoms with van der Waals surface area (Å²) in [6.07, 6.45) is 6.34. The molecule has 1 amide bonds. The van der Waals surface area contributed by atoms with Crippen LogP contribution in [0.4, 0.5) is 4.79 Å². The van der Waals surface area contributed by atoms with Crippen LogP contribution in [-0.2, 0) is 4.74 Å². The fourth-order valence-electron chi connectivity index (χ4n) is 3.84. The number of aromatic nitrogens is 1. The van der Waals surface area contributed by atoms with E-state index in [0.717, 1.165) is 30.4 Å². The van der Waals surface area contributed by atoms with Gasteiger partial charge in [0.05, 0.1) is 7.11 Å². The van der Waals surface area contributed by atoms with Gasteiger partial charge in [0.15, 0.2) is 0 Å². The van der Waals surface area contributed by atoms with Gasteiger partial charge in [-0.15, -0.1) is 0 Å². The summed E-state index contributed by atoms with van der Waals surface area (Å²) >= 11 is 0. The van der Waals surface area contributed by atoms with E-state index in [0.29, 0.717) is 13.0 Å². The summed E-state index contributed by atoms with van der Waals surface area (Å²) in [6, 6.07) is 1.98. The monoisotopic (exact) mass is 314 g/mol. The maximum Gasteiger partial charge on any atom is 0.409 e. The normalized spacial score (nSPS) is 29.4. The van der Waals surface area contributed by atoms with Crippen molar-refractivity contribution in [3.8, 4) is 11.8 Å². The molecule has 1 N–H and O–H groups in total. The summed E-state index contributed by atoms with van der Waals surface area (Å²) < 4.78 is 4.85. The molecule has 23 heavy (non-hydrogen) atoms. The number of methoxy groups -OCH3 is 1. The smallest absolute Gasteiger partial charge is 0.409 e. The molecule has 0 spiro atoms. The van der Waals surface area contributed by atoms with Crippen LogP contribution in [0.25, 0.3) is 0 Å². The van der Waals surface area contributed by atoms with Gasteiger partial charge in [-0.05, 0) is 44.2 Å². The molecule has 1 aliphatic heterocycles. The lowest BCUT2D eigenvalue weighted by Crippen LogP contribution is -2.49. The maximum absolute atomic E-state index is 11.9. The quantitative estimate of drug-likeness (QED) is 0.745. The number of aliphatic hydroxyl groups is 1. The summed E-state index contributed by atoms with van der Waals surface area (Å²) in [5.74, 6) is 6.13. The zero-order valence-electron chi connectivity index (χ0n) is 13.6. The molecule has 0 radical (unpaired) electrons. The Hall–Kier alpha value is -2.06. The summed E-state index contributed by atoms with van der Waals surface area (Å²) in [6.45, 7) is 2.59. The highest BCUT2D eigenvalue weighted by Gasteiger charge is 2.50. The first kappa shape index (κ1) is 15.8. The third-order valence-electron chi connectivity index (χ3n) is 4.92. The predicted molar refractivity (Wildman–Crippen MR) is 85.7 cm³/mol. The molecule has 1 aliphatic carbocycles. The number of fused-ring (bicyclic) bond motifs is 1. The van der Waals surface area contributed by atoms with Crippen molar-refractivity contribution in [2.45, 2.75) is 44.2 Å². The minimum atomic E-state index is -1.05. The number of nitrogens with zero attached hydrogens (tertiary/aromatic N) is 2. The fraction of sp³-hybridized carbons (Fsp3) is 0.556. The highest BCUT2D eigenvalue weighted by Crippen LogP contribution is 2.42. The lowest BCUT2D eigenvalue weighted by molar-refractivity contribution is -0.0136. The average Bonchev–Trinajstić information content (AvgIpc) is 2.98. The highest BCUT2D eigenvalue weighted by molar-refractivity contribution is 5.68. The number of amides is 1. The first-order valence-corrected chi connectivity index (χ1v) is 8.05. The van der Waals surface area contributed by atoms with Gasteiger partial charge in [0.2, 0.25) is 0 Å². The molecule has 1 aromatic heterocycles. The second kappa shape index (κ2) is 6.21. The Morgan fingerprint density at radius 3 is 3.04 bits per heavy atom. The number of hydrogen-bond donors (Lipinski definition) is 1. The molecule has 1 saturated heterocycles. The molecular weight excluding hydrogens is 292 g/mol. The molecule has 1 aromatic rings. The Morgan fingerprint density at radius 1 is 1.48 bits per heavy atom. The Kier molecular flexibility index (Phi) is 4.27. The standard InChI is InChI=1S/C18H22N2O3/c1-13-10-14(12-19-11-13)5-8-18(22)7-3-4-16-15(18)6-9-20(16)17(21)23-2/h10-12,15-16,22H,3-4,6-7,9H2,1-2H3. The molecule has 122 valence electrons. The molecule has 5 nitrogen and oxygen atoms in total. The first-order valence-electron chi connectivity index (χ1n) is 8.05. The minimum Gasteiger partial charge on any atom is -0.453 e. The van der Waals surface area contributed by atoms with Crippen LogP contribution in [0.5, 0.6) is 0 Å². The molecule has 3 rings (SSSR count). The molecule has 2 fully saturated rings. The van der Waals surface area contributed by atoms with E-state index >= 15 is 0 Å². The number of rotatable bonds is 0. The molecule has 0 aromatic carbocycles. The first-order chi connectivity index (χ1) is 11.0. The second-order valence-electron chi connectivity index (χ2n) is 6.44. The fourth-order valence-corrected chi connectivity index (χ4v) is 3.84. The predicted octanol–water partition coefficient (Wildman–Crippen LogP) is 2.11. The average molecular weight is 314 g/mol. The minimum absolute atomic E-state index is 0.0133. The summed E-state index contributed by atoms with van der Waals surface area (Å²) in [4.78, 5) is 17.7. The number of ether oxygens (including phenoxy) is 1. The van der Waals surface area contributed by atoms with Crippen molar-refractivity contribution in [1.29, 1.82) is 0 Å². The van der Waals surface area contributed by atoms with Crippen molar-refractivity contribution < 1.29 is 14.6 Å². The third kappa shape index (κ3) is 3.04. The number of pyridine rings is 1. The van der Waals surface area contributed by atoms with E-state index in [1.54, 1.807) is 17.3 Å². The van der Waals surface area contributed by atoms with Crippen molar-refractivity contribution in [2.75, 3.05) is 13.7 Å². The Labute approximate surface area is 136 Å². The molecule has 3 atom stereocenters. The summed E-state index contributed by atoms with van der Waals surface area (Å²) in [5.41, 5.74) is 0.807. The molecule has 5 heteroatoms. The number of likely N-dealkylation sites (tertiary alicyclic amines) is 1. The van der Waals surface area contributed by atoms with Gasteiger partial charge in [-0.1, -0.05) is 11.8 Å². The van der Waals surface area contributed by atoms with Crippen LogP contribution >= 0.6 is 0 Å². The van der Waals surface area contributed by atoms with Crippen LogP contribution in [-0.4, -0.2) is 46.4 Å². The molecular formula is C18H22N2O3. The van der Waals surface area contributed by atoms with Gasteiger partial charge >= 0.3 is 6.09 Å². The van der Waals surface area contributed by atoms with Gasteiger partial charge < -0.3 is 14.7 Å². The number of hydrogen-bond acceptors (Lipinski definition) is 4. The highest BCUT2D eigenvalue weighted by atomic mass is 16.5. The van der Waals surface area contributed by atoms with Crippen LogP contribution in [0.15, 0.2) is 18.5 Å². The molecule has 1 saturated carbocycles. The van der Waals surface area contributed by atoms with Crippen LogP contribution in [0.1, 0.15) is 36.8 Å². The Morgan fingerprint density at radius 2 is 2.30 bits per heavy atom.